The molecule has 1 aromatic rings. The van der Waals surface area contributed by atoms with Crippen LogP contribution in [0.5, 0.6) is 0 Å². The highest BCUT2D eigenvalue weighted by atomic mass is 32.1. The Morgan fingerprint density at radius 3 is 3.00 bits per heavy atom. The molecule has 0 aliphatic carbocycles. The molecule has 4 nitrogen and oxygen atoms in total. The van der Waals surface area contributed by atoms with Crippen LogP contribution in [0.4, 0.5) is 0 Å². The first-order chi connectivity index (χ1) is 9.60. The molecule has 0 unspecified atom stereocenters. The van der Waals surface area contributed by atoms with Crippen LogP contribution in [-0.2, 0) is 6.42 Å². The van der Waals surface area contributed by atoms with Crippen LogP contribution in [0.15, 0.2) is 0 Å². The summed E-state index contributed by atoms with van der Waals surface area (Å²) in [5, 5.41) is 4.07. The largest absolute Gasteiger partial charge is 0.350 e. The number of piperidine rings is 1. The van der Waals surface area contributed by atoms with Gasteiger partial charge in [0.25, 0.3) is 5.91 Å². The molecular formula is C15H25N3OS. The number of likely N-dealkylation sites (tertiary alicyclic amines) is 1. The van der Waals surface area contributed by atoms with E-state index in [0.29, 0.717) is 0 Å². The summed E-state index contributed by atoms with van der Waals surface area (Å²) in [6.45, 7) is 10.3. The van der Waals surface area contributed by atoms with E-state index in [1.807, 2.05) is 6.92 Å². The van der Waals surface area contributed by atoms with E-state index in [9.17, 15) is 4.79 Å². The molecule has 1 atom stereocenters. The van der Waals surface area contributed by atoms with Crippen molar-refractivity contribution in [3.05, 3.63) is 15.6 Å². The lowest BCUT2D eigenvalue weighted by atomic mass is 10.0. The molecule has 1 fully saturated rings. The second-order valence-corrected chi connectivity index (χ2v) is 6.76. The fourth-order valence-corrected chi connectivity index (χ4v) is 3.63. The van der Waals surface area contributed by atoms with Gasteiger partial charge in [-0.1, -0.05) is 13.8 Å². The minimum Gasteiger partial charge on any atom is -0.350 e. The molecule has 2 rings (SSSR count). The second-order valence-electron chi connectivity index (χ2n) is 5.68. The van der Waals surface area contributed by atoms with Gasteiger partial charge in [-0.25, -0.2) is 4.98 Å². The molecule has 0 spiro atoms. The van der Waals surface area contributed by atoms with Crippen LogP contribution in [0, 0.1) is 12.8 Å². The second kappa shape index (κ2) is 7.18. The average molecular weight is 295 g/mol. The number of rotatable bonds is 5. The molecule has 0 bridgehead atoms. The smallest absolute Gasteiger partial charge is 0.263 e. The summed E-state index contributed by atoms with van der Waals surface area (Å²) in [7, 11) is 0. The number of nitrogens with zero attached hydrogens (tertiary/aromatic N) is 2. The molecule has 112 valence electrons. The molecule has 1 amide bonds. The minimum atomic E-state index is 0.0322. The molecule has 1 aliphatic heterocycles. The molecular weight excluding hydrogens is 270 g/mol. The number of carbonyl (C=O) groups is 1. The number of carbonyl (C=O) groups excluding carboxylic acids is 1. The van der Waals surface area contributed by atoms with Crippen molar-refractivity contribution in [2.75, 3.05) is 26.2 Å². The van der Waals surface area contributed by atoms with Gasteiger partial charge in [-0.3, -0.25) is 4.79 Å². The lowest BCUT2D eigenvalue weighted by Crippen LogP contribution is -2.40. The van der Waals surface area contributed by atoms with E-state index < -0.39 is 0 Å². The van der Waals surface area contributed by atoms with E-state index in [4.69, 9.17) is 0 Å². The van der Waals surface area contributed by atoms with Gasteiger partial charge in [0, 0.05) is 19.6 Å². The molecule has 5 heteroatoms. The summed E-state index contributed by atoms with van der Waals surface area (Å²) in [5.74, 6) is 0.820. The number of nitrogens with one attached hydrogen (secondary N) is 1. The standard InChI is InChI=1S/C15H25N3OS/c1-4-13-17-12(3)14(20-13)15(19)16-7-9-18-8-5-6-11(2)10-18/h11H,4-10H2,1-3H3,(H,16,19)/t11-/m1/s1. The molecule has 1 aliphatic rings. The number of amides is 1. The molecule has 1 aromatic heterocycles. The molecule has 0 radical (unpaired) electrons. The van der Waals surface area contributed by atoms with Gasteiger partial charge >= 0.3 is 0 Å². The Morgan fingerprint density at radius 1 is 1.55 bits per heavy atom. The van der Waals surface area contributed by atoms with Gasteiger partial charge in [0.15, 0.2) is 0 Å². The Morgan fingerprint density at radius 2 is 2.35 bits per heavy atom. The number of hydrogen-bond donors (Lipinski definition) is 1. The number of hydrogen-bond acceptors (Lipinski definition) is 4. The van der Waals surface area contributed by atoms with Crippen molar-refractivity contribution in [2.45, 2.75) is 40.0 Å². The van der Waals surface area contributed by atoms with Crippen molar-refractivity contribution < 1.29 is 4.79 Å². The predicted molar refractivity (Wildman–Crippen MR) is 83.4 cm³/mol. The Labute approximate surface area is 125 Å². The first-order valence-electron chi connectivity index (χ1n) is 7.57. The van der Waals surface area contributed by atoms with Crippen molar-refractivity contribution in [1.82, 2.24) is 15.2 Å². The van der Waals surface area contributed by atoms with Crippen molar-refractivity contribution in [1.29, 1.82) is 0 Å². The van der Waals surface area contributed by atoms with E-state index in [2.05, 4.69) is 29.0 Å². The first-order valence-corrected chi connectivity index (χ1v) is 8.38. The Balaban J connectivity index is 1.78. The minimum absolute atomic E-state index is 0.0322. The van der Waals surface area contributed by atoms with Crippen molar-refractivity contribution in [3.8, 4) is 0 Å². The van der Waals surface area contributed by atoms with Crippen LogP contribution in [0.3, 0.4) is 0 Å². The Kier molecular flexibility index (Phi) is 5.54. The van der Waals surface area contributed by atoms with E-state index >= 15 is 0 Å². The van der Waals surface area contributed by atoms with E-state index in [0.717, 1.165) is 47.6 Å². The van der Waals surface area contributed by atoms with Crippen LogP contribution >= 0.6 is 11.3 Å². The van der Waals surface area contributed by atoms with Crippen LogP contribution in [0.1, 0.15) is 47.1 Å². The van der Waals surface area contributed by atoms with Crippen LogP contribution in [-0.4, -0.2) is 42.0 Å². The SMILES string of the molecule is CCc1nc(C)c(C(=O)NCCN2CCC[C@@H](C)C2)s1. The lowest BCUT2D eigenvalue weighted by molar-refractivity contribution is 0.0947. The van der Waals surface area contributed by atoms with Crippen LogP contribution < -0.4 is 5.32 Å². The lowest BCUT2D eigenvalue weighted by Gasteiger charge is -2.30. The zero-order valence-electron chi connectivity index (χ0n) is 12.7. The van der Waals surface area contributed by atoms with Gasteiger partial charge in [-0.2, -0.15) is 0 Å². The third-order valence-electron chi connectivity index (χ3n) is 3.80. The first kappa shape index (κ1) is 15.4. The number of aromatic nitrogens is 1. The summed E-state index contributed by atoms with van der Waals surface area (Å²) in [5.41, 5.74) is 0.857. The fourth-order valence-electron chi connectivity index (χ4n) is 2.71. The quantitative estimate of drug-likeness (QED) is 0.907. The Hall–Kier alpha value is -0.940. The molecule has 20 heavy (non-hydrogen) atoms. The van der Waals surface area contributed by atoms with Crippen molar-refractivity contribution in [3.63, 3.8) is 0 Å². The normalized spacial score (nSPS) is 20.1. The number of thiazole rings is 1. The van der Waals surface area contributed by atoms with Gasteiger partial charge in [-0.15, -0.1) is 11.3 Å². The Bertz CT molecular complexity index is 458. The molecule has 1 N–H and O–H groups in total. The number of aryl methyl sites for hydroxylation is 2. The van der Waals surface area contributed by atoms with Crippen LogP contribution in [0.2, 0.25) is 0 Å². The van der Waals surface area contributed by atoms with Crippen molar-refractivity contribution >= 4 is 17.2 Å². The predicted octanol–water partition coefficient (Wildman–Crippen LogP) is 2.48. The van der Waals surface area contributed by atoms with E-state index in [1.165, 1.54) is 30.7 Å². The highest BCUT2D eigenvalue weighted by molar-refractivity contribution is 7.13. The summed E-state index contributed by atoms with van der Waals surface area (Å²) >= 11 is 1.52. The summed E-state index contributed by atoms with van der Waals surface area (Å²) in [6, 6.07) is 0. The van der Waals surface area contributed by atoms with Gasteiger partial charge in [0.1, 0.15) is 4.88 Å². The van der Waals surface area contributed by atoms with Gasteiger partial charge < -0.3 is 10.2 Å². The van der Waals surface area contributed by atoms with Gasteiger partial charge in [-0.05, 0) is 38.6 Å². The van der Waals surface area contributed by atoms with Crippen LogP contribution in [0.25, 0.3) is 0 Å². The maximum absolute atomic E-state index is 12.1. The third kappa shape index (κ3) is 4.03. The summed E-state index contributed by atoms with van der Waals surface area (Å²) in [4.78, 5) is 19.8. The van der Waals surface area contributed by atoms with Gasteiger partial charge in [0.05, 0.1) is 10.7 Å². The highest BCUT2D eigenvalue weighted by Crippen LogP contribution is 2.18. The maximum atomic E-state index is 12.1. The molecule has 1 saturated heterocycles. The molecule has 0 aromatic carbocycles. The fraction of sp³-hybridized carbons (Fsp3) is 0.733. The van der Waals surface area contributed by atoms with Gasteiger partial charge in [0.2, 0.25) is 0 Å². The summed E-state index contributed by atoms with van der Waals surface area (Å²) < 4.78 is 0. The zero-order chi connectivity index (χ0) is 14.5. The highest BCUT2D eigenvalue weighted by Gasteiger charge is 2.17. The molecule has 0 saturated carbocycles. The average Bonchev–Trinajstić information content (AvgIpc) is 2.80. The topological polar surface area (TPSA) is 45.2 Å². The van der Waals surface area contributed by atoms with E-state index in [1.54, 1.807) is 0 Å². The van der Waals surface area contributed by atoms with E-state index in [-0.39, 0.29) is 5.91 Å². The summed E-state index contributed by atoms with van der Waals surface area (Å²) in [6.07, 6.45) is 3.51. The van der Waals surface area contributed by atoms with Crippen molar-refractivity contribution in [2.24, 2.45) is 5.92 Å². The zero-order valence-corrected chi connectivity index (χ0v) is 13.6. The third-order valence-corrected chi connectivity index (χ3v) is 5.10. The molecule has 2 heterocycles. The maximum Gasteiger partial charge on any atom is 0.263 e. The monoisotopic (exact) mass is 295 g/mol.